The Morgan fingerprint density at radius 3 is 2.35 bits per heavy atom. The van der Waals surface area contributed by atoms with Crippen LogP contribution in [0.25, 0.3) is 22.2 Å². The molecule has 0 aliphatic heterocycles. The monoisotopic (exact) mass is 222 g/mol. The normalized spacial score (nSPS) is 10.6. The molecule has 3 nitrogen and oxygen atoms in total. The van der Waals surface area contributed by atoms with Crippen molar-refractivity contribution in [1.82, 2.24) is 4.68 Å². The van der Waals surface area contributed by atoms with Gasteiger partial charge in [-0.3, -0.25) is 0 Å². The number of para-hydroxylation sites is 1. The van der Waals surface area contributed by atoms with Crippen LogP contribution in [0.5, 0.6) is 0 Å². The van der Waals surface area contributed by atoms with E-state index < -0.39 is 0 Å². The third kappa shape index (κ3) is 1.52. The molecule has 0 radical (unpaired) electrons. The summed E-state index contributed by atoms with van der Waals surface area (Å²) in [6.45, 7) is 0. The van der Waals surface area contributed by atoms with E-state index in [1.807, 2.05) is 60.7 Å². The van der Waals surface area contributed by atoms with Crippen molar-refractivity contribution in [2.24, 2.45) is 5.29 Å². The summed E-state index contributed by atoms with van der Waals surface area (Å²) in [6.07, 6.45) is 0. The second kappa shape index (κ2) is 3.87. The fourth-order valence-corrected chi connectivity index (χ4v) is 2.04. The van der Waals surface area contributed by atoms with Gasteiger partial charge in [0.2, 0.25) is 0 Å². The van der Waals surface area contributed by atoms with E-state index in [1.165, 1.54) is 4.68 Å². The van der Waals surface area contributed by atoms with Crippen LogP contribution < -0.4 is 0 Å². The highest BCUT2D eigenvalue weighted by atomic mass is 16.3. The predicted octanol–water partition coefficient (Wildman–Crippen LogP) is 3.84. The number of nitroso groups, excluding NO2 is 1. The molecule has 1 heterocycles. The molecular weight excluding hydrogens is 212 g/mol. The van der Waals surface area contributed by atoms with Crippen LogP contribution in [0.4, 0.5) is 0 Å². The van der Waals surface area contributed by atoms with Crippen molar-refractivity contribution >= 4 is 10.9 Å². The lowest BCUT2D eigenvalue weighted by Gasteiger charge is -2.00. The fourth-order valence-electron chi connectivity index (χ4n) is 2.04. The van der Waals surface area contributed by atoms with E-state index in [0.717, 1.165) is 22.2 Å². The minimum atomic E-state index is 0.821. The Labute approximate surface area is 98.3 Å². The summed E-state index contributed by atoms with van der Waals surface area (Å²) in [6, 6.07) is 19.5. The first-order valence-corrected chi connectivity index (χ1v) is 5.40. The Balaban J connectivity index is 2.33. The predicted molar refractivity (Wildman–Crippen MR) is 68.6 cm³/mol. The highest BCUT2D eigenvalue weighted by molar-refractivity contribution is 5.86. The van der Waals surface area contributed by atoms with Crippen molar-refractivity contribution in [3.63, 3.8) is 0 Å². The molecule has 0 aliphatic rings. The Hall–Kier alpha value is -2.42. The molecule has 0 aliphatic carbocycles. The molecule has 3 aromatic rings. The third-order valence-corrected chi connectivity index (χ3v) is 2.84. The van der Waals surface area contributed by atoms with E-state index >= 15 is 0 Å². The Morgan fingerprint density at radius 1 is 0.882 bits per heavy atom. The number of fused-ring (bicyclic) bond motifs is 1. The van der Waals surface area contributed by atoms with Gasteiger partial charge in [-0.25, -0.2) is 0 Å². The second-order valence-electron chi connectivity index (χ2n) is 3.85. The number of aromatic nitrogens is 1. The molecule has 3 heteroatoms. The van der Waals surface area contributed by atoms with Crippen LogP contribution in [0, 0.1) is 4.91 Å². The van der Waals surface area contributed by atoms with E-state index in [1.54, 1.807) is 0 Å². The maximum atomic E-state index is 11.0. The van der Waals surface area contributed by atoms with Gasteiger partial charge in [-0.15, -0.1) is 4.91 Å². The molecule has 2 aromatic carbocycles. The first-order chi connectivity index (χ1) is 8.40. The van der Waals surface area contributed by atoms with Crippen LogP contribution in [0.1, 0.15) is 0 Å². The molecular formula is C14H10N2O. The molecule has 82 valence electrons. The van der Waals surface area contributed by atoms with Crippen LogP contribution >= 0.6 is 0 Å². The van der Waals surface area contributed by atoms with E-state index in [2.05, 4.69) is 5.29 Å². The summed E-state index contributed by atoms with van der Waals surface area (Å²) in [5, 5.41) is 4.12. The van der Waals surface area contributed by atoms with Gasteiger partial charge >= 0.3 is 0 Å². The van der Waals surface area contributed by atoms with Gasteiger partial charge < -0.3 is 0 Å². The SMILES string of the molecule is O=Nn1c(-c2ccccc2)cc2ccccc21. The smallest absolute Gasteiger partial charge is 0.0764 e. The van der Waals surface area contributed by atoms with Gasteiger partial charge in [0.1, 0.15) is 0 Å². The Kier molecular flexibility index (Phi) is 2.22. The highest BCUT2D eigenvalue weighted by Gasteiger charge is 2.09. The van der Waals surface area contributed by atoms with Crippen molar-refractivity contribution in [2.45, 2.75) is 0 Å². The summed E-state index contributed by atoms with van der Waals surface area (Å²) in [5.41, 5.74) is 2.64. The molecule has 0 fully saturated rings. The van der Waals surface area contributed by atoms with Crippen LogP contribution in [0.2, 0.25) is 0 Å². The van der Waals surface area contributed by atoms with Crippen LogP contribution in [-0.2, 0) is 0 Å². The van der Waals surface area contributed by atoms with Gasteiger partial charge in [-0.05, 0) is 12.1 Å². The van der Waals surface area contributed by atoms with Gasteiger partial charge in [0.05, 0.1) is 16.5 Å². The summed E-state index contributed by atoms with van der Waals surface area (Å²) in [4.78, 5) is 11.0. The molecule has 0 amide bonds. The number of benzene rings is 2. The first-order valence-electron chi connectivity index (χ1n) is 5.40. The minimum Gasteiger partial charge on any atom is -0.196 e. The lowest BCUT2D eigenvalue weighted by Crippen LogP contribution is -1.89. The van der Waals surface area contributed by atoms with Gasteiger partial charge in [-0.2, -0.15) is 4.68 Å². The highest BCUT2D eigenvalue weighted by Crippen LogP contribution is 2.27. The van der Waals surface area contributed by atoms with Crippen molar-refractivity contribution < 1.29 is 0 Å². The maximum Gasteiger partial charge on any atom is 0.0764 e. The van der Waals surface area contributed by atoms with E-state index in [0.29, 0.717) is 0 Å². The average Bonchev–Trinajstić information content (AvgIpc) is 2.78. The Morgan fingerprint density at radius 2 is 1.59 bits per heavy atom. The molecule has 3 rings (SSSR count). The molecule has 0 spiro atoms. The Bertz CT molecular complexity index is 671. The zero-order chi connectivity index (χ0) is 11.7. The van der Waals surface area contributed by atoms with Gasteiger partial charge in [0.25, 0.3) is 0 Å². The summed E-state index contributed by atoms with van der Waals surface area (Å²) in [7, 11) is 0. The maximum absolute atomic E-state index is 11.0. The fraction of sp³-hybridized carbons (Fsp3) is 0. The lowest BCUT2D eigenvalue weighted by atomic mass is 10.1. The standard InChI is InChI=1S/C14H10N2O/c17-15-16-13-9-5-4-8-12(13)10-14(16)11-6-2-1-3-7-11/h1-10H. The number of hydrogen-bond donors (Lipinski definition) is 0. The molecule has 0 atom stereocenters. The summed E-state index contributed by atoms with van der Waals surface area (Å²) in [5.74, 6) is 0. The van der Waals surface area contributed by atoms with Crippen molar-refractivity contribution in [1.29, 1.82) is 0 Å². The summed E-state index contributed by atoms with van der Waals surface area (Å²) < 4.78 is 1.44. The molecule has 0 saturated carbocycles. The van der Waals surface area contributed by atoms with Crippen molar-refractivity contribution in [3.8, 4) is 11.3 Å². The number of rotatable bonds is 2. The number of nitrogens with zero attached hydrogens (tertiary/aromatic N) is 2. The van der Waals surface area contributed by atoms with Crippen LogP contribution in [0.3, 0.4) is 0 Å². The van der Waals surface area contributed by atoms with Crippen molar-refractivity contribution in [3.05, 3.63) is 65.6 Å². The number of hydrogen-bond acceptors (Lipinski definition) is 2. The molecule has 1 aromatic heterocycles. The molecule has 0 unspecified atom stereocenters. The largest absolute Gasteiger partial charge is 0.196 e. The van der Waals surface area contributed by atoms with Gasteiger partial charge in [0.15, 0.2) is 0 Å². The molecule has 0 bridgehead atoms. The van der Waals surface area contributed by atoms with Crippen LogP contribution in [0.15, 0.2) is 65.9 Å². The van der Waals surface area contributed by atoms with Crippen molar-refractivity contribution in [2.75, 3.05) is 0 Å². The molecule has 17 heavy (non-hydrogen) atoms. The van der Waals surface area contributed by atoms with E-state index in [4.69, 9.17) is 0 Å². The quantitative estimate of drug-likeness (QED) is 0.606. The topological polar surface area (TPSA) is 34.4 Å². The summed E-state index contributed by atoms with van der Waals surface area (Å²) >= 11 is 0. The first kappa shape index (κ1) is 9.78. The second-order valence-corrected chi connectivity index (χ2v) is 3.85. The third-order valence-electron chi connectivity index (χ3n) is 2.84. The zero-order valence-corrected chi connectivity index (χ0v) is 9.08. The average molecular weight is 222 g/mol. The van der Waals surface area contributed by atoms with E-state index in [-0.39, 0.29) is 0 Å². The minimum absolute atomic E-state index is 0.821. The zero-order valence-electron chi connectivity index (χ0n) is 9.08. The van der Waals surface area contributed by atoms with E-state index in [9.17, 15) is 4.91 Å². The molecule has 0 N–H and O–H groups in total. The van der Waals surface area contributed by atoms with Gasteiger partial charge in [-0.1, -0.05) is 48.5 Å². The van der Waals surface area contributed by atoms with Gasteiger partial charge in [0, 0.05) is 10.9 Å². The lowest BCUT2D eigenvalue weighted by molar-refractivity contribution is 0.922. The molecule has 0 saturated heterocycles. The van der Waals surface area contributed by atoms with Crippen LogP contribution in [-0.4, -0.2) is 4.68 Å².